The Kier molecular flexibility index (Phi) is 4.26. The molecule has 0 saturated heterocycles. The van der Waals surface area contributed by atoms with Gasteiger partial charge < -0.3 is 0 Å². The Hall–Kier alpha value is -1.97. The molecule has 1 N–H and O–H groups in total. The minimum Gasteiger partial charge on any atom is -0.262 e. The predicted octanol–water partition coefficient (Wildman–Crippen LogP) is 2.49. The number of sulfonamides is 1. The molecule has 2 aromatic rings. The SMILES string of the molecule is O=[N+]([O-])c1cc(S(=O)(=O)Nc2ccc(Cl)nn2)ccc1Cl. The molecule has 110 valence electrons. The zero-order valence-electron chi connectivity index (χ0n) is 10.0. The molecule has 0 aliphatic heterocycles. The molecule has 2 rings (SSSR count). The summed E-state index contributed by atoms with van der Waals surface area (Å²) < 4.78 is 26.3. The fourth-order valence-corrected chi connectivity index (χ4v) is 2.67. The van der Waals surface area contributed by atoms with Crippen LogP contribution >= 0.6 is 23.2 Å². The van der Waals surface area contributed by atoms with Gasteiger partial charge >= 0.3 is 0 Å². The zero-order chi connectivity index (χ0) is 15.6. The van der Waals surface area contributed by atoms with E-state index in [2.05, 4.69) is 14.9 Å². The van der Waals surface area contributed by atoms with Gasteiger partial charge in [0.2, 0.25) is 0 Å². The third-order valence-electron chi connectivity index (χ3n) is 2.30. The minimum absolute atomic E-state index is 0.0722. The molecule has 8 nitrogen and oxygen atoms in total. The highest BCUT2D eigenvalue weighted by atomic mass is 35.5. The Labute approximate surface area is 128 Å². The van der Waals surface area contributed by atoms with Crippen LogP contribution in [0.1, 0.15) is 0 Å². The third-order valence-corrected chi connectivity index (χ3v) is 4.17. The predicted molar refractivity (Wildman–Crippen MR) is 76.0 cm³/mol. The van der Waals surface area contributed by atoms with Crippen molar-refractivity contribution in [2.45, 2.75) is 4.90 Å². The largest absolute Gasteiger partial charge is 0.289 e. The molecule has 0 radical (unpaired) electrons. The van der Waals surface area contributed by atoms with Gasteiger partial charge in [-0.1, -0.05) is 23.2 Å². The summed E-state index contributed by atoms with van der Waals surface area (Å²) in [5.74, 6) is -0.0722. The molecule has 0 bridgehead atoms. The van der Waals surface area contributed by atoms with Crippen molar-refractivity contribution in [1.29, 1.82) is 0 Å². The van der Waals surface area contributed by atoms with E-state index in [0.717, 1.165) is 18.2 Å². The number of rotatable bonds is 4. The monoisotopic (exact) mass is 348 g/mol. The summed E-state index contributed by atoms with van der Waals surface area (Å²) in [7, 11) is -4.06. The molecule has 1 aromatic heterocycles. The van der Waals surface area contributed by atoms with Gasteiger partial charge in [-0.15, -0.1) is 10.2 Å². The highest BCUT2D eigenvalue weighted by Crippen LogP contribution is 2.27. The van der Waals surface area contributed by atoms with Crippen LogP contribution in [-0.4, -0.2) is 23.5 Å². The lowest BCUT2D eigenvalue weighted by atomic mass is 10.3. The van der Waals surface area contributed by atoms with Crippen LogP contribution in [0.4, 0.5) is 11.5 Å². The van der Waals surface area contributed by atoms with Gasteiger partial charge in [-0.25, -0.2) is 8.42 Å². The standard InChI is InChI=1S/C10H6Cl2N4O4S/c11-7-2-1-6(5-8(7)16(17)18)21(19,20)15-10-4-3-9(12)13-14-10/h1-5H,(H,14,15). The summed E-state index contributed by atoms with van der Waals surface area (Å²) in [5, 5.41) is 17.7. The Morgan fingerprint density at radius 3 is 2.43 bits per heavy atom. The first kappa shape index (κ1) is 15.4. The van der Waals surface area contributed by atoms with E-state index in [1.54, 1.807) is 0 Å². The molecule has 1 aromatic carbocycles. The normalized spacial score (nSPS) is 11.1. The van der Waals surface area contributed by atoms with E-state index in [1.807, 2.05) is 0 Å². The van der Waals surface area contributed by atoms with Crippen molar-refractivity contribution < 1.29 is 13.3 Å². The summed E-state index contributed by atoms with van der Waals surface area (Å²) in [6.07, 6.45) is 0. The average Bonchev–Trinajstić information content (AvgIpc) is 2.41. The van der Waals surface area contributed by atoms with Gasteiger partial charge in [-0.3, -0.25) is 14.8 Å². The summed E-state index contributed by atoms with van der Waals surface area (Å²) in [6.45, 7) is 0. The zero-order valence-corrected chi connectivity index (χ0v) is 12.4. The van der Waals surface area contributed by atoms with Crippen molar-refractivity contribution in [3.8, 4) is 0 Å². The number of nitro groups is 1. The number of anilines is 1. The van der Waals surface area contributed by atoms with Crippen LogP contribution in [-0.2, 0) is 10.0 Å². The van der Waals surface area contributed by atoms with E-state index < -0.39 is 20.6 Å². The molecular weight excluding hydrogens is 343 g/mol. The summed E-state index contributed by atoms with van der Waals surface area (Å²) in [5.41, 5.74) is -0.512. The van der Waals surface area contributed by atoms with E-state index in [0.29, 0.717) is 0 Å². The van der Waals surface area contributed by atoms with E-state index in [1.165, 1.54) is 12.1 Å². The molecule has 11 heteroatoms. The molecule has 21 heavy (non-hydrogen) atoms. The maximum Gasteiger partial charge on any atom is 0.289 e. The highest BCUT2D eigenvalue weighted by Gasteiger charge is 2.21. The second-order valence-electron chi connectivity index (χ2n) is 3.72. The molecule has 0 saturated carbocycles. The lowest BCUT2D eigenvalue weighted by Crippen LogP contribution is -2.14. The first-order valence-electron chi connectivity index (χ1n) is 5.25. The molecule has 0 spiro atoms. The number of nitrogens with zero attached hydrogens (tertiary/aromatic N) is 3. The smallest absolute Gasteiger partial charge is 0.262 e. The lowest BCUT2D eigenvalue weighted by molar-refractivity contribution is -0.384. The van der Waals surface area contributed by atoms with Crippen LogP contribution < -0.4 is 4.72 Å². The Morgan fingerprint density at radius 1 is 1.14 bits per heavy atom. The van der Waals surface area contributed by atoms with Crippen molar-refractivity contribution in [3.05, 3.63) is 50.6 Å². The Morgan fingerprint density at radius 2 is 1.86 bits per heavy atom. The second kappa shape index (κ2) is 5.80. The van der Waals surface area contributed by atoms with Crippen molar-refractivity contribution in [1.82, 2.24) is 10.2 Å². The minimum atomic E-state index is -4.06. The molecule has 1 heterocycles. The fourth-order valence-electron chi connectivity index (χ4n) is 1.37. The van der Waals surface area contributed by atoms with E-state index >= 15 is 0 Å². The summed E-state index contributed by atoms with van der Waals surface area (Å²) in [6, 6.07) is 5.77. The van der Waals surface area contributed by atoms with Crippen LogP contribution in [0.3, 0.4) is 0 Å². The fraction of sp³-hybridized carbons (Fsp3) is 0. The second-order valence-corrected chi connectivity index (χ2v) is 6.19. The quantitative estimate of drug-likeness (QED) is 0.670. The molecule has 0 aliphatic rings. The highest BCUT2D eigenvalue weighted by molar-refractivity contribution is 7.92. The van der Waals surface area contributed by atoms with Crippen LogP contribution in [0.5, 0.6) is 0 Å². The van der Waals surface area contributed by atoms with E-state index in [-0.39, 0.29) is 20.9 Å². The van der Waals surface area contributed by atoms with Crippen molar-refractivity contribution in [2.75, 3.05) is 4.72 Å². The van der Waals surface area contributed by atoms with Gasteiger partial charge in [-0.05, 0) is 24.3 Å². The number of aromatic nitrogens is 2. The van der Waals surface area contributed by atoms with Crippen LogP contribution in [0, 0.1) is 10.1 Å². The van der Waals surface area contributed by atoms with Crippen molar-refractivity contribution >= 4 is 44.7 Å². The number of halogens is 2. The van der Waals surface area contributed by atoms with Crippen LogP contribution in [0.15, 0.2) is 35.2 Å². The number of benzene rings is 1. The number of nitrogens with one attached hydrogen (secondary N) is 1. The Bertz CT molecular complexity index is 795. The lowest BCUT2D eigenvalue weighted by Gasteiger charge is -2.07. The summed E-state index contributed by atoms with van der Waals surface area (Å²) >= 11 is 11.2. The third kappa shape index (κ3) is 3.57. The van der Waals surface area contributed by atoms with Gasteiger partial charge in [0.1, 0.15) is 5.02 Å². The van der Waals surface area contributed by atoms with Crippen molar-refractivity contribution in [2.24, 2.45) is 0 Å². The topological polar surface area (TPSA) is 115 Å². The molecule has 0 atom stereocenters. The average molecular weight is 349 g/mol. The van der Waals surface area contributed by atoms with Crippen molar-refractivity contribution in [3.63, 3.8) is 0 Å². The molecule has 0 aliphatic carbocycles. The molecule has 0 unspecified atom stereocenters. The first-order valence-corrected chi connectivity index (χ1v) is 7.49. The number of nitro benzene ring substituents is 1. The first-order chi connectivity index (χ1) is 9.79. The maximum absolute atomic E-state index is 12.1. The van der Waals surface area contributed by atoms with Crippen LogP contribution in [0.25, 0.3) is 0 Å². The van der Waals surface area contributed by atoms with Crippen LogP contribution in [0.2, 0.25) is 10.2 Å². The van der Waals surface area contributed by atoms with E-state index in [9.17, 15) is 18.5 Å². The molecule has 0 amide bonds. The van der Waals surface area contributed by atoms with E-state index in [4.69, 9.17) is 23.2 Å². The molecule has 0 fully saturated rings. The summed E-state index contributed by atoms with van der Waals surface area (Å²) in [4.78, 5) is 9.67. The number of hydrogen-bond acceptors (Lipinski definition) is 6. The van der Waals surface area contributed by atoms with Gasteiger partial charge in [0.05, 0.1) is 9.82 Å². The van der Waals surface area contributed by atoms with Gasteiger partial charge in [-0.2, -0.15) is 0 Å². The van der Waals surface area contributed by atoms with Gasteiger partial charge in [0.25, 0.3) is 15.7 Å². The number of hydrogen-bond donors (Lipinski definition) is 1. The van der Waals surface area contributed by atoms with Gasteiger partial charge in [0, 0.05) is 6.07 Å². The molecular formula is C10H6Cl2N4O4S. The Balaban J connectivity index is 2.38. The van der Waals surface area contributed by atoms with Gasteiger partial charge in [0.15, 0.2) is 11.0 Å². The maximum atomic E-state index is 12.1.